The van der Waals surface area contributed by atoms with Crippen LogP contribution in [0.15, 0.2) is 16.3 Å². The minimum absolute atomic E-state index is 0.0348. The van der Waals surface area contributed by atoms with E-state index in [2.05, 4.69) is 0 Å². The molecule has 0 fully saturated rings. The van der Waals surface area contributed by atoms with E-state index in [9.17, 15) is 13.2 Å². The second-order valence-corrected chi connectivity index (χ2v) is 7.51. The maximum absolute atomic E-state index is 12.5. The molecule has 0 amide bonds. The van der Waals surface area contributed by atoms with Crippen LogP contribution in [0.1, 0.15) is 23.0 Å². The van der Waals surface area contributed by atoms with Gasteiger partial charge in [0.2, 0.25) is 10.0 Å². The molecule has 0 spiro atoms. The minimum atomic E-state index is -3.62. The molecule has 0 aliphatic heterocycles. The molecular weight excluding hydrogens is 300 g/mol. The van der Waals surface area contributed by atoms with E-state index >= 15 is 0 Å². The quantitative estimate of drug-likeness (QED) is 0.783. The molecule has 1 rings (SSSR count). The SMILES string of the molecule is CCCN(CCN(C)C)S(=O)(=O)c1csc(C(=O)O)c1. The van der Waals surface area contributed by atoms with Crippen LogP contribution < -0.4 is 0 Å². The topological polar surface area (TPSA) is 77.9 Å². The first-order valence-electron chi connectivity index (χ1n) is 6.25. The Bertz CT molecular complexity index is 552. The fourth-order valence-corrected chi connectivity index (χ4v) is 4.25. The van der Waals surface area contributed by atoms with Crippen LogP contribution in [-0.2, 0) is 10.0 Å². The smallest absolute Gasteiger partial charge is 0.345 e. The highest BCUT2D eigenvalue weighted by atomic mass is 32.2. The Labute approximate surface area is 123 Å². The maximum atomic E-state index is 12.5. The largest absolute Gasteiger partial charge is 0.477 e. The molecule has 20 heavy (non-hydrogen) atoms. The van der Waals surface area contributed by atoms with Gasteiger partial charge in [-0.25, -0.2) is 13.2 Å². The number of nitrogens with zero attached hydrogens (tertiary/aromatic N) is 2. The van der Waals surface area contributed by atoms with Crippen molar-refractivity contribution in [2.45, 2.75) is 18.2 Å². The number of likely N-dealkylation sites (N-methyl/N-ethyl adjacent to an activating group) is 1. The summed E-state index contributed by atoms with van der Waals surface area (Å²) in [7, 11) is 0.140. The van der Waals surface area contributed by atoms with Crippen LogP contribution in [0.2, 0.25) is 0 Å². The van der Waals surface area contributed by atoms with Gasteiger partial charge in [-0.15, -0.1) is 11.3 Å². The molecule has 6 nitrogen and oxygen atoms in total. The van der Waals surface area contributed by atoms with Crippen molar-refractivity contribution >= 4 is 27.3 Å². The standard InChI is InChI=1S/C12H20N2O4S2/c1-4-5-14(7-6-13(2)3)20(17,18)10-8-11(12(15)16)19-9-10/h8-9H,4-7H2,1-3H3,(H,15,16). The van der Waals surface area contributed by atoms with Gasteiger partial charge in [0.1, 0.15) is 4.88 Å². The van der Waals surface area contributed by atoms with Gasteiger partial charge in [-0.1, -0.05) is 6.92 Å². The Balaban J connectivity index is 2.98. The molecule has 0 bridgehead atoms. The summed E-state index contributed by atoms with van der Waals surface area (Å²) in [4.78, 5) is 12.9. The zero-order valence-electron chi connectivity index (χ0n) is 11.9. The average molecular weight is 320 g/mol. The van der Waals surface area contributed by atoms with Crippen LogP contribution >= 0.6 is 11.3 Å². The minimum Gasteiger partial charge on any atom is -0.477 e. The van der Waals surface area contributed by atoms with Gasteiger partial charge >= 0.3 is 5.97 Å². The van der Waals surface area contributed by atoms with E-state index in [4.69, 9.17) is 5.11 Å². The number of hydrogen-bond acceptors (Lipinski definition) is 5. The average Bonchev–Trinajstić information content (AvgIpc) is 2.84. The summed E-state index contributed by atoms with van der Waals surface area (Å²) in [5.74, 6) is -1.10. The first-order chi connectivity index (χ1) is 9.28. The molecule has 0 aliphatic rings. The zero-order chi connectivity index (χ0) is 15.3. The number of carboxylic acids is 1. The van der Waals surface area contributed by atoms with Gasteiger partial charge in [0, 0.05) is 25.0 Å². The Hall–Kier alpha value is -0.960. The molecular formula is C12H20N2O4S2. The molecule has 1 N–H and O–H groups in total. The summed E-state index contributed by atoms with van der Waals surface area (Å²) in [6.45, 7) is 3.35. The van der Waals surface area contributed by atoms with Crippen molar-refractivity contribution in [3.63, 3.8) is 0 Å². The third-order valence-corrected chi connectivity index (χ3v) is 5.64. The van der Waals surface area contributed by atoms with Crippen molar-refractivity contribution < 1.29 is 18.3 Å². The first-order valence-corrected chi connectivity index (χ1v) is 8.57. The van der Waals surface area contributed by atoms with E-state index in [0.29, 0.717) is 26.1 Å². The Morgan fingerprint density at radius 3 is 2.40 bits per heavy atom. The molecule has 1 aromatic heterocycles. The molecule has 0 atom stereocenters. The number of rotatable bonds is 8. The van der Waals surface area contributed by atoms with Crippen molar-refractivity contribution in [1.82, 2.24) is 9.21 Å². The molecule has 0 unspecified atom stereocenters. The maximum Gasteiger partial charge on any atom is 0.345 e. The molecule has 0 saturated carbocycles. The second kappa shape index (κ2) is 7.16. The van der Waals surface area contributed by atoms with Gasteiger partial charge in [0.25, 0.3) is 0 Å². The summed E-state index contributed by atoms with van der Waals surface area (Å²) in [5, 5.41) is 10.3. The Morgan fingerprint density at radius 1 is 1.30 bits per heavy atom. The lowest BCUT2D eigenvalue weighted by Gasteiger charge is -2.22. The summed E-state index contributed by atoms with van der Waals surface area (Å²) >= 11 is 0.929. The fourth-order valence-electron chi connectivity index (χ4n) is 1.63. The lowest BCUT2D eigenvalue weighted by atomic mass is 10.4. The zero-order valence-corrected chi connectivity index (χ0v) is 13.5. The van der Waals surface area contributed by atoms with Gasteiger partial charge in [0.05, 0.1) is 4.90 Å². The van der Waals surface area contributed by atoms with E-state index < -0.39 is 16.0 Å². The van der Waals surface area contributed by atoms with Crippen LogP contribution in [0.4, 0.5) is 0 Å². The van der Waals surface area contributed by atoms with Crippen molar-refractivity contribution in [3.05, 3.63) is 16.3 Å². The van der Waals surface area contributed by atoms with Crippen molar-refractivity contribution in [1.29, 1.82) is 0 Å². The second-order valence-electron chi connectivity index (χ2n) is 4.66. The summed E-state index contributed by atoms with van der Waals surface area (Å²) < 4.78 is 26.4. The highest BCUT2D eigenvalue weighted by Gasteiger charge is 2.25. The van der Waals surface area contributed by atoms with Gasteiger partial charge in [-0.3, -0.25) is 0 Å². The molecule has 0 saturated heterocycles. The molecule has 114 valence electrons. The van der Waals surface area contributed by atoms with Crippen LogP contribution in [0, 0.1) is 0 Å². The summed E-state index contributed by atoms with van der Waals surface area (Å²) in [5.41, 5.74) is 0. The highest BCUT2D eigenvalue weighted by molar-refractivity contribution is 7.89. The fraction of sp³-hybridized carbons (Fsp3) is 0.583. The van der Waals surface area contributed by atoms with Gasteiger partial charge in [-0.2, -0.15) is 4.31 Å². The molecule has 1 heterocycles. The van der Waals surface area contributed by atoms with Crippen molar-refractivity contribution in [2.75, 3.05) is 33.7 Å². The van der Waals surface area contributed by atoms with Crippen molar-refractivity contribution in [2.24, 2.45) is 0 Å². The highest BCUT2D eigenvalue weighted by Crippen LogP contribution is 2.22. The van der Waals surface area contributed by atoms with Crippen LogP contribution in [-0.4, -0.2) is 62.4 Å². The number of carboxylic acid groups (broad SMARTS) is 1. The lowest BCUT2D eigenvalue weighted by Crippen LogP contribution is -2.37. The predicted molar refractivity (Wildman–Crippen MR) is 78.9 cm³/mol. The van der Waals surface area contributed by atoms with Gasteiger partial charge in [0.15, 0.2) is 0 Å². The number of carbonyl (C=O) groups is 1. The monoisotopic (exact) mass is 320 g/mol. The lowest BCUT2D eigenvalue weighted by molar-refractivity contribution is 0.0702. The Kier molecular flexibility index (Phi) is 6.12. The molecule has 1 aromatic rings. The van der Waals surface area contributed by atoms with E-state index in [1.54, 1.807) is 0 Å². The third kappa shape index (κ3) is 4.27. The molecule has 0 aromatic carbocycles. The summed E-state index contributed by atoms with van der Waals surface area (Å²) in [6, 6.07) is 1.22. The van der Waals surface area contributed by atoms with Crippen molar-refractivity contribution in [3.8, 4) is 0 Å². The number of hydrogen-bond donors (Lipinski definition) is 1. The van der Waals surface area contributed by atoms with E-state index in [1.165, 1.54) is 15.8 Å². The number of sulfonamides is 1. The normalized spacial score (nSPS) is 12.2. The Morgan fingerprint density at radius 2 is 1.95 bits per heavy atom. The molecule has 0 radical (unpaired) electrons. The van der Waals surface area contributed by atoms with Crippen LogP contribution in [0.25, 0.3) is 0 Å². The first kappa shape index (κ1) is 17.1. The van der Waals surface area contributed by atoms with Gasteiger partial charge < -0.3 is 10.0 Å². The van der Waals surface area contributed by atoms with Gasteiger partial charge in [-0.05, 0) is 26.6 Å². The van der Waals surface area contributed by atoms with Crippen LogP contribution in [0.3, 0.4) is 0 Å². The van der Waals surface area contributed by atoms with E-state index in [0.717, 1.165) is 11.3 Å². The predicted octanol–water partition coefficient (Wildman–Crippen LogP) is 1.41. The molecule has 0 aliphatic carbocycles. The number of aromatic carboxylic acids is 1. The van der Waals surface area contributed by atoms with E-state index in [-0.39, 0.29) is 9.77 Å². The van der Waals surface area contributed by atoms with Crippen LogP contribution in [0.5, 0.6) is 0 Å². The number of thiophene rings is 1. The van der Waals surface area contributed by atoms with E-state index in [1.807, 2.05) is 25.9 Å². The summed E-state index contributed by atoms with van der Waals surface area (Å²) in [6.07, 6.45) is 0.711. The molecule has 8 heteroatoms. The third-order valence-electron chi connectivity index (χ3n) is 2.69.